The number of nitriles is 1. The molecule has 63 heavy (non-hydrogen) atoms. The number of nitrogens with one attached hydrogen (secondary N) is 2. The van der Waals surface area contributed by atoms with Crippen molar-refractivity contribution < 1.29 is 19.1 Å². The number of anilines is 2. The van der Waals surface area contributed by atoms with Crippen molar-refractivity contribution in [2.75, 3.05) is 75.7 Å². The van der Waals surface area contributed by atoms with Crippen molar-refractivity contribution in [3.63, 3.8) is 0 Å². The lowest BCUT2D eigenvalue weighted by molar-refractivity contribution is -0.120. The normalized spacial score (nSPS) is 18.8. The first-order valence-corrected chi connectivity index (χ1v) is 23.0. The van der Waals surface area contributed by atoms with Crippen LogP contribution in [0.5, 0.6) is 5.88 Å². The second-order valence-corrected chi connectivity index (χ2v) is 18.5. The molecule has 2 aromatic carbocycles. The number of amides is 4. The zero-order chi connectivity index (χ0) is 44.1. The number of aryl methyl sites for hydroxylation is 1. The number of piperazine rings is 1. The lowest BCUT2D eigenvalue weighted by Crippen LogP contribution is -2.49. The number of imide groups is 1. The van der Waals surface area contributed by atoms with E-state index < -0.39 is 6.03 Å². The molecule has 2 aromatic heterocycles. The molecule has 15 heteroatoms. The summed E-state index contributed by atoms with van der Waals surface area (Å²) in [4.78, 5) is 50.7. The summed E-state index contributed by atoms with van der Waals surface area (Å²) < 4.78 is 6.44. The average Bonchev–Trinajstić information content (AvgIpc) is 4.06. The number of ether oxygens (including phenoxy) is 1. The van der Waals surface area contributed by atoms with Crippen molar-refractivity contribution in [1.82, 2.24) is 35.2 Å². The maximum Gasteiger partial charge on any atom is 0.328 e. The van der Waals surface area contributed by atoms with E-state index in [2.05, 4.69) is 61.6 Å². The minimum atomic E-state index is -0.518. The third-order valence-corrected chi connectivity index (χ3v) is 14.0. The molecule has 3 aliphatic heterocycles. The van der Waals surface area contributed by atoms with Crippen LogP contribution >= 0.6 is 11.6 Å². The van der Waals surface area contributed by atoms with Crippen LogP contribution in [0.25, 0.3) is 10.8 Å². The molecule has 4 aliphatic rings. The van der Waals surface area contributed by atoms with Crippen LogP contribution in [0.4, 0.5) is 16.3 Å². The molecule has 4 fully saturated rings. The molecule has 1 atom stereocenters. The molecule has 1 aliphatic carbocycles. The second-order valence-electron chi connectivity index (χ2n) is 18.1. The van der Waals surface area contributed by atoms with Gasteiger partial charge in [-0.3, -0.25) is 19.8 Å². The zero-order valence-corrected chi connectivity index (χ0v) is 37.6. The predicted molar refractivity (Wildman–Crippen MR) is 244 cm³/mol. The molecule has 0 radical (unpaired) electrons. The summed E-state index contributed by atoms with van der Waals surface area (Å²) in [6.45, 7) is 15.0. The van der Waals surface area contributed by atoms with Crippen molar-refractivity contribution in [3.8, 4) is 11.9 Å². The highest BCUT2D eigenvalue weighted by atomic mass is 35.5. The second kappa shape index (κ2) is 19.6. The summed E-state index contributed by atoms with van der Waals surface area (Å²) >= 11 is 6.41. The van der Waals surface area contributed by atoms with Gasteiger partial charge in [0.2, 0.25) is 11.8 Å². The summed E-state index contributed by atoms with van der Waals surface area (Å²) in [6.07, 6.45) is 10.3. The van der Waals surface area contributed by atoms with E-state index in [0.29, 0.717) is 46.9 Å². The molecule has 0 spiro atoms. The number of piperidine rings is 1. The van der Waals surface area contributed by atoms with Crippen LogP contribution in [-0.4, -0.2) is 113 Å². The highest BCUT2D eigenvalue weighted by Gasteiger charge is 2.45. The number of hydrogen-bond donors (Lipinski definition) is 2. The van der Waals surface area contributed by atoms with Gasteiger partial charge in [0.25, 0.3) is 5.91 Å². The van der Waals surface area contributed by atoms with Crippen LogP contribution in [0.1, 0.15) is 97.1 Å². The van der Waals surface area contributed by atoms with E-state index >= 15 is 0 Å². The van der Waals surface area contributed by atoms with E-state index in [1.54, 1.807) is 18.2 Å². The summed E-state index contributed by atoms with van der Waals surface area (Å²) in [5.41, 5.74) is 5.21. The Morgan fingerprint density at radius 3 is 2.52 bits per heavy atom. The van der Waals surface area contributed by atoms with Crippen molar-refractivity contribution in [2.45, 2.75) is 84.6 Å². The molecule has 14 nitrogen and oxygen atoms in total. The number of carbonyl (C=O) groups excluding carboxylic acids is 3. The van der Waals surface area contributed by atoms with Crippen molar-refractivity contribution >= 4 is 51.7 Å². The van der Waals surface area contributed by atoms with Gasteiger partial charge in [-0.05, 0) is 100 Å². The standard InChI is InChI=1S/C48H59ClN10O4/c1-32-36(12-18-50)8-6-9-38(32)33(2)52-45-39-28-44(51-29-40(39)34(3)54-55-45)63-31-48(16-17-48)30-57-25-23-56(24-26-57)19-5-4-7-35-13-20-58(21-14-35)46(61)37-10-11-41(49)42(27-37)59-22-15-43(60)53-47(59)62/h6,8-11,27-29,33,35H,4-5,7,12-17,19-26,30-31H2,1-3H3,(H,52,55)(H,53,60,62)/t33-/m1/s1. The Kier molecular flexibility index (Phi) is 13.8. The Bertz CT molecular complexity index is 2370. The van der Waals surface area contributed by atoms with E-state index in [-0.39, 0.29) is 36.2 Å². The van der Waals surface area contributed by atoms with Crippen molar-refractivity contribution in [3.05, 3.63) is 81.6 Å². The minimum absolute atomic E-state index is 0.0422. The number of nitrogens with zero attached hydrogens (tertiary/aromatic N) is 8. The first-order valence-electron chi connectivity index (χ1n) is 22.6. The first kappa shape index (κ1) is 44.3. The maximum absolute atomic E-state index is 13.4. The quantitative estimate of drug-likeness (QED) is 0.108. The highest BCUT2D eigenvalue weighted by molar-refractivity contribution is 6.34. The van der Waals surface area contributed by atoms with Gasteiger partial charge in [0.15, 0.2) is 5.82 Å². The molecule has 5 heterocycles. The third kappa shape index (κ3) is 10.5. The van der Waals surface area contributed by atoms with Crippen LogP contribution in [0.3, 0.4) is 0 Å². The third-order valence-electron chi connectivity index (χ3n) is 13.7. The van der Waals surface area contributed by atoms with Gasteiger partial charge >= 0.3 is 6.03 Å². The highest BCUT2D eigenvalue weighted by Crippen LogP contribution is 2.47. The molecule has 332 valence electrons. The van der Waals surface area contributed by atoms with Crippen molar-refractivity contribution in [1.29, 1.82) is 5.26 Å². The first-order chi connectivity index (χ1) is 30.5. The smallest absolute Gasteiger partial charge is 0.328 e. The van der Waals surface area contributed by atoms with Crippen LogP contribution in [0, 0.1) is 36.5 Å². The molecule has 1 saturated carbocycles. The lowest BCUT2D eigenvalue weighted by Gasteiger charge is -2.36. The molecule has 4 amide bonds. The fourth-order valence-electron chi connectivity index (χ4n) is 9.49. The Balaban J connectivity index is 0.744. The Morgan fingerprint density at radius 1 is 1.00 bits per heavy atom. The summed E-state index contributed by atoms with van der Waals surface area (Å²) in [5.74, 6) is 1.55. The molecule has 0 unspecified atom stereocenters. The SMILES string of the molecule is Cc1c(CC#N)cccc1[C@@H](C)Nc1nnc(C)c2cnc(OCC3(CN4CCN(CCCCC5CCN(C(=O)c6ccc(Cl)c(N7CCC(=O)NC7=O)c6)CC5)CC4)CC3)cc12. The van der Waals surface area contributed by atoms with E-state index in [1.807, 2.05) is 36.2 Å². The molecule has 8 rings (SSSR count). The molecular formula is C48H59ClN10O4. The maximum atomic E-state index is 13.4. The van der Waals surface area contributed by atoms with E-state index in [1.165, 1.54) is 24.2 Å². The lowest BCUT2D eigenvalue weighted by atomic mass is 9.91. The number of fused-ring (bicyclic) bond motifs is 1. The number of halogens is 1. The van der Waals surface area contributed by atoms with Gasteiger partial charge in [-0.1, -0.05) is 42.6 Å². The van der Waals surface area contributed by atoms with E-state index in [9.17, 15) is 19.6 Å². The van der Waals surface area contributed by atoms with Gasteiger partial charge in [0, 0.05) is 92.8 Å². The molecule has 2 N–H and O–H groups in total. The number of aromatic nitrogens is 3. The van der Waals surface area contributed by atoms with Crippen LogP contribution in [0.2, 0.25) is 5.02 Å². The predicted octanol–water partition coefficient (Wildman–Crippen LogP) is 7.48. The van der Waals surface area contributed by atoms with Gasteiger partial charge in [-0.2, -0.15) is 10.4 Å². The van der Waals surface area contributed by atoms with Crippen LogP contribution in [0.15, 0.2) is 48.7 Å². The molecular weight excluding hydrogens is 816 g/mol. The molecule has 4 aromatic rings. The fraction of sp³-hybridized carbons (Fsp3) is 0.521. The topological polar surface area (TPSA) is 160 Å². The largest absolute Gasteiger partial charge is 0.477 e. The van der Waals surface area contributed by atoms with E-state index in [0.717, 1.165) is 111 Å². The fourth-order valence-corrected chi connectivity index (χ4v) is 9.71. The summed E-state index contributed by atoms with van der Waals surface area (Å²) in [5, 5.41) is 26.4. The van der Waals surface area contributed by atoms with Gasteiger partial charge < -0.3 is 24.8 Å². The van der Waals surface area contributed by atoms with Gasteiger partial charge in [-0.25, -0.2) is 9.78 Å². The van der Waals surface area contributed by atoms with Crippen LogP contribution < -0.4 is 20.3 Å². The number of rotatable bonds is 16. The van der Waals surface area contributed by atoms with Gasteiger partial charge in [0.1, 0.15) is 0 Å². The Labute approximate surface area is 375 Å². The number of likely N-dealkylation sites (tertiary alicyclic amines) is 1. The van der Waals surface area contributed by atoms with E-state index in [4.69, 9.17) is 16.3 Å². The van der Waals surface area contributed by atoms with Crippen molar-refractivity contribution in [2.24, 2.45) is 11.3 Å². The monoisotopic (exact) mass is 874 g/mol. The number of carbonyl (C=O) groups is 3. The average molecular weight is 876 g/mol. The summed E-state index contributed by atoms with van der Waals surface area (Å²) in [7, 11) is 0. The Hall–Kier alpha value is -5.36. The van der Waals surface area contributed by atoms with Gasteiger partial charge in [-0.15, -0.1) is 5.10 Å². The van der Waals surface area contributed by atoms with Crippen LogP contribution in [-0.2, 0) is 11.2 Å². The number of hydrogen-bond acceptors (Lipinski definition) is 11. The summed E-state index contributed by atoms with van der Waals surface area (Å²) in [6, 6.07) is 14.9. The number of unbranched alkanes of at least 4 members (excludes halogenated alkanes) is 1. The Morgan fingerprint density at radius 2 is 1.78 bits per heavy atom. The number of benzene rings is 2. The molecule has 0 bridgehead atoms. The minimum Gasteiger partial charge on any atom is -0.477 e. The number of pyridine rings is 1. The molecule has 3 saturated heterocycles. The number of urea groups is 1. The zero-order valence-electron chi connectivity index (χ0n) is 36.8. The van der Waals surface area contributed by atoms with Gasteiger partial charge in [0.05, 0.1) is 41.5 Å².